The van der Waals surface area contributed by atoms with Gasteiger partial charge < -0.3 is 5.32 Å². The SMILES string of the molecule is O=C(CCNS(=O)(=O)c1ccc(F)cc1)NC1CC1. The minimum absolute atomic E-state index is 0.0171. The average molecular weight is 286 g/mol. The van der Waals surface area contributed by atoms with Gasteiger partial charge in [-0.05, 0) is 37.1 Å². The van der Waals surface area contributed by atoms with Gasteiger partial charge in [-0.2, -0.15) is 0 Å². The van der Waals surface area contributed by atoms with Crippen LogP contribution < -0.4 is 10.0 Å². The number of halogens is 1. The van der Waals surface area contributed by atoms with Gasteiger partial charge in [-0.3, -0.25) is 4.79 Å². The van der Waals surface area contributed by atoms with Crippen molar-refractivity contribution in [2.75, 3.05) is 6.54 Å². The quantitative estimate of drug-likeness (QED) is 0.811. The predicted octanol–water partition coefficient (Wildman–Crippen LogP) is 0.773. The molecular weight excluding hydrogens is 271 g/mol. The molecule has 19 heavy (non-hydrogen) atoms. The van der Waals surface area contributed by atoms with Crippen molar-refractivity contribution in [3.05, 3.63) is 30.1 Å². The topological polar surface area (TPSA) is 75.3 Å². The molecule has 1 aliphatic carbocycles. The van der Waals surface area contributed by atoms with E-state index in [0.29, 0.717) is 0 Å². The molecule has 1 aliphatic rings. The van der Waals surface area contributed by atoms with Gasteiger partial charge in [0.2, 0.25) is 15.9 Å². The summed E-state index contributed by atoms with van der Waals surface area (Å²) in [4.78, 5) is 11.3. The first-order chi connectivity index (χ1) is 8.97. The summed E-state index contributed by atoms with van der Waals surface area (Å²) >= 11 is 0. The van der Waals surface area contributed by atoms with E-state index in [1.807, 2.05) is 0 Å². The molecule has 2 N–H and O–H groups in total. The molecule has 1 amide bonds. The number of hydrogen-bond acceptors (Lipinski definition) is 3. The van der Waals surface area contributed by atoms with E-state index in [0.717, 1.165) is 25.0 Å². The second kappa shape index (κ2) is 5.66. The molecule has 0 radical (unpaired) electrons. The van der Waals surface area contributed by atoms with E-state index in [1.165, 1.54) is 12.1 Å². The number of nitrogens with one attached hydrogen (secondary N) is 2. The second-order valence-electron chi connectivity index (χ2n) is 4.44. The molecule has 0 spiro atoms. The molecule has 0 unspecified atom stereocenters. The first kappa shape index (κ1) is 14.0. The molecule has 104 valence electrons. The van der Waals surface area contributed by atoms with Crippen LogP contribution >= 0.6 is 0 Å². The lowest BCUT2D eigenvalue weighted by Crippen LogP contribution is -2.31. The number of rotatable bonds is 6. The molecule has 1 fully saturated rings. The molecular formula is C12H15FN2O3S. The zero-order valence-electron chi connectivity index (χ0n) is 10.2. The monoisotopic (exact) mass is 286 g/mol. The zero-order chi connectivity index (χ0) is 13.9. The summed E-state index contributed by atoms with van der Waals surface area (Å²) in [5.74, 6) is -0.660. The van der Waals surface area contributed by atoms with Crippen LogP contribution in [0, 0.1) is 5.82 Å². The third-order valence-corrected chi connectivity index (χ3v) is 4.19. The van der Waals surface area contributed by atoms with E-state index >= 15 is 0 Å². The van der Waals surface area contributed by atoms with Crippen LogP contribution in [0.4, 0.5) is 4.39 Å². The number of carbonyl (C=O) groups is 1. The van der Waals surface area contributed by atoms with E-state index in [2.05, 4.69) is 10.0 Å². The van der Waals surface area contributed by atoms with Crippen LogP contribution in [0.2, 0.25) is 0 Å². The molecule has 0 aliphatic heterocycles. The van der Waals surface area contributed by atoms with Gasteiger partial charge in [0.25, 0.3) is 0 Å². The number of carbonyl (C=O) groups excluding carboxylic acids is 1. The first-order valence-electron chi connectivity index (χ1n) is 6.02. The Morgan fingerprint density at radius 1 is 1.26 bits per heavy atom. The van der Waals surface area contributed by atoms with Crippen LogP contribution in [-0.4, -0.2) is 26.9 Å². The number of sulfonamides is 1. The third kappa shape index (κ3) is 4.29. The number of amides is 1. The maximum absolute atomic E-state index is 12.7. The molecule has 5 nitrogen and oxygen atoms in total. The Morgan fingerprint density at radius 3 is 2.47 bits per heavy atom. The summed E-state index contributed by atoms with van der Waals surface area (Å²) in [6.45, 7) is 0.0261. The van der Waals surface area contributed by atoms with Gasteiger partial charge in [0.15, 0.2) is 0 Å². The summed E-state index contributed by atoms with van der Waals surface area (Å²) in [6.07, 6.45) is 2.08. The van der Waals surface area contributed by atoms with Gasteiger partial charge in [0, 0.05) is 19.0 Å². The van der Waals surface area contributed by atoms with Crippen LogP contribution in [0.3, 0.4) is 0 Å². The van der Waals surface area contributed by atoms with Gasteiger partial charge in [0.05, 0.1) is 4.90 Å². The molecule has 1 aromatic carbocycles. The molecule has 0 heterocycles. The summed E-state index contributed by atoms with van der Waals surface area (Å²) in [7, 11) is -3.68. The standard InChI is InChI=1S/C12H15FN2O3S/c13-9-1-5-11(6-2-9)19(17,18)14-8-7-12(16)15-10-3-4-10/h1-2,5-6,10,14H,3-4,7-8H2,(H,15,16). The molecule has 0 bridgehead atoms. The fraction of sp³-hybridized carbons (Fsp3) is 0.417. The molecule has 2 rings (SSSR count). The smallest absolute Gasteiger partial charge is 0.240 e. The molecule has 7 heteroatoms. The van der Waals surface area contributed by atoms with Crippen LogP contribution in [0.1, 0.15) is 19.3 Å². The Kier molecular flexibility index (Phi) is 4.16. The van der Waals surface area contributed by atoms with Crippen molar-refractivity contribution in [2.45, 2.75) is 30.2 Å². The summed E-state index contributed by atoms with van der Waals surface area (Å²) < 4.78 is 38.6. The average Bonchev–Trinajstić information content (AvgIpc) is 3.13. The van der Waals surface area contributed by atoms with Crippen molar-refractivity contribution >= 4 is 15.9 Å². The Bertz CT molecular complexity index is 553. The van der Waals surface area contributed by atoms with Gasteiger partial charge >= 0.3 is 0 Å². The third-order valence-electron chi connectivity index (χ3n) is 2.71. The van der Waals surface area contributed by atoms with Crippen molar-refractivity contribution in [3.8, 4) is 0 Å². The fourth-order valence-corrected chi connectivity index (χ4v) is 2.56. The highest BCUT2D eigenvalue weighted by Gasteiger charge is 2.23. The fourth-order valence-electron chi connectivity index (χ4n) is 1.52. The highest BCUT2D eigenvalue weighted by atomic mass is 32.2. The molecule has 1 aromatic rings. The minimum Gasteiger partial charge on any atom is -0.353 e. The minimum atomic E-state index is -3.68. The van der Waals surface area contributed by atoms with Crippen molar-refractivity contribution in [3.63, 3.8) is 0 Å². The van der Waals surface area contributed by atoms with Crippen molar-refractivity contribution in [1.29, 1.82) is 0 Å². The first-order valence-corrected chi connectivity index (χ1v) is 7.50. The Labute approximate surface area is 111 Å². The summed E-state index contributed by atoms with van der Waals surface area (Å²) in [5.41, 5.74) is 0. The largest absolute Gasteiger partial charge is 0.353 e. The summed E-state index contributed by atoms with van der Waals surface area (Å²) in [6, 6.07) is 4.79. The maximum atomic E-state index is 12.7. The molecule has 0 aromatic heterocycles. The lowest BCUT2D eigenvalue weighted by atomic mass is 10.4. The van der Waals surface area contributed by atoms with Gasteiger partial charge in [-0.1, -0.05) is 0 Å². The van der Waals surface area contributed by atoms with Crippen molar-refractivity contribution in [2.24, 2.45) is 0 Å². The molecule has 1 saturated carbocycles. The highest BCUT2D eigenvalue weighted by Crippen LogP contribution is 2.18. The van der Waals surface area contributed by atoms with Crippen molar-refractivity contribution < 1.29 is 17.6 Å². The lowest BCUT2D eigenvalue weighted by Gasteiger charge is -2.07. The highest BCUT2D eigenvalue weighted by molar-refractivity contribution is 7.89. The van der Waals surface area contributed by atoms with Crippen LogP contribution in [-0.2, 0) is 14.8 Å². The van der Waals surface area contributed by atoms with E-state index in [4.69, 9.17) is 0 Å². The Balaban J connectivity index is 1.83. The van der Waals surface area contributed by atoms with E-state index < -0.39 is 15.8 Å². The summed E-state index contributed by atoms with van der Waals surface area (Å²) in [5, 5.41) is 2.76. The van der Waals surface area contributed by atoms with E-state index in [1.54, 1.807) is 0 Å². The Hall–Kier alpha value is -1.47. The zero-order valence-corrected chi connectivity index (χ0v) is 11.0. The van der Waals surface area contributed by atoms with E-state index in [-0.39, 0.29) is 29.8 Å². The van der Waals surface area contributed by atoms with Gasteiger partial charge in [-0.15, -0.1) is 0 Å². The normalized spacial score (nSPS) is 15.2. The Morgan fingerprint density at radius 2 is 1.89 bits per heavy atom. The van der Waals surface area contributed by atoms with Crippen LogP contribution in [0.15, 0.2) is 29.2 Å². The molecule has 0 saturated heterocycles. The van der Waals surface area contributed by atoms with Gasteiger partial charge in [-0.25, -0.2) is 17.5 Å². The van der Waals surface area contributed by atoms with Gasteiger partial charge in [0.1, 0.15) is 5.82 Å². The lowest BCUT2D eigenvalue weighted by molar-refractivity contribution is -0.121. The van der Waals surface area contributed by atoms with Crippen LogP contribution in [0.5, 0.6) is 0 Å². The predicted molar refractivity (Wildman–Crippen MR) is 67.4 cm³/mol. The molecule has 0 atom stereocenters. The van der Waals surface area contributed by atoms with Crippen molar-refractivity contribution in [1.82, 2.24) is 10.0 Å². The number of hydrogen-bond donors (Lipinski definition) is 2. The second-order valence-corrected chi connectivity index (χ2v) is 6.21. The maximum Gasteiger partial charge on any atom is 0.240 e. The van der Waals surface area contributed by atoms with Crippen LogP contribution in [0.25, 0.3) is 0 Å². The van der Waals surface area contributed by atoms with E-state index in [9.17, 15) is 17.6 Å². The number of benzene rings is 1.